The minimum Gasteiger partial charge on any atom is -0.480 e. The molecule has 0 aromatic carbocycles. The Kier molecular flexibility index (Phi) is 8.50. The van der Waals surface area contributed by atoms with Gasteiger partial charge in [-0.25, -0.2) is 4.79 Å². The number of carboxylic acids is 1. The van der Waals surface area contributed by atoms with Crippen molar-refractivity contribution in [2.24, 2.45) is 0 Å². The molecule has 0 fully saturated rings. The van der Waals surface area contributed by atoms with E-state index in [9.17, 15) is 14.7 Å². The summed E-state index contributed by atoms with van der Waals surface area (Å²) < 4.78 is 0. The van der Waals surface area contributed by atoms with Gasteiger partial charge in [0.15, 0.2) is 0 Å². The van der Waals surface area contributed by atoms with E-state index in [-0.39, 0.29) is 5.75 Å². The summed E-state index contributed by atoms with van der Waals surface area (Å²) in [5.41, 5.74) is 0. The first-order valence-electron chi connectivity index (χ1n) is 4.72. The molecule has 7 heteroatoms. The molecule has 0 aliphatic heterocycles. The molecular weight excluding hydrogens is 250 g/mol. The lowest BCUT2D eigenvalue weighted by atomic mass is 10.2. The van der Waals surface area contributed by atoms with Gasteiger partial charge in [0.2, 0.25) is 5.91 Å². The molecule has 0 spiro atoms. The molecule has 2 atom stereocenters. The highest BCUT2D eigenvalue weighted by atomic mass is 32.2. The molecule has 16 heavy (non-hydrogen) atoms. The van der Waals surface area contributed by atoms with Crippen LogP contribution in [0.5, 0.6) is 0 Å². The second-order valence-electron chi connectivity index (χ2n) is 3.15. The van der Waals surface area contributed by atoms with Crippen molar-refractivity contribution < 1.29 is 19.8 Å². The molecular formula is C9H17NO4S2. The topological polar surface area (TPSA) is 86.6 Å². The number of carboxylic acid groups (broad SMARTS) is 1. The minimum atomic E-state index is -1.15. The molecule has 0 aliphatic rings. The van der Waals surface area contributed by atoms with E-state index in [4.69, 9.17) is 5.11 Å². The van der Waals surface area contributed by atoms with Gasteiger partial charge in [-0.15, -0.1) is 0 Å². The standard InChI is InChI=1S/C9H17NO4S2/c1-15-4-3-6(9(13)14)10-8(12)7(11)5-16-2/h6-7,11H,3-5H2,1-2H3,(H,10,12)(H,13,14)/t6-,7?/m0/s1. The van der Waals surface area contributed by atoms with E-state index in [0.717, 1.165) is 0 Å². The lowest BCUT2D eigenvalue weighted by Crippen LogP contribution is -2.46. The highest BCUT2D eigenvalue weighted by Crippen LogP contribution is 2.03. The van der Waals surface area contributed by atoms with Crippen molar-refractivity contribution in [3.8, 4) is 0 Å². The lowest BCUT2D eigenvalue weighted by Gasteiger charge is -2.16. The normalized spacial score (nSPS) is 14.2. The zero-order valence-corrected chi connectivity index (χ0v) is 10.9. The van der Waals surface area contributed by atoms with Gasteiger partial charge in [-0.1, -0.05) is 0 Å². The van der Waals surface area contributed by atoms with Crippen molar-refractivity contribution >= 4 is 35.4 Å². The zero-order chi connectivity index (χ0) is 12.6. The molecule has 1 amide bonds. The molecule has 0 saturated heterocycles. The van der Waals surface area contributed by atoms with Crippen LogP contribution in [0.15, 0.2) is 0 Å². The van der Waals surface area contributed by atoms with Crippen LogP contribution in [0.1, 0.15) is 6.42 Å². The molecule has 0 aromatic rings. The molecule has 3 N–H and O–H groups in total. The molecule has 1 unspecified atom stereocenters. The Morgan fingerprint density at radius 1 is 1.31 bits per heavy atom. The van der Waals surface area contributed by atoms with Crippen LogP contribution in [0.3, 0.4) is 0 Å². The number of carbonyl (C=O) groups excluding carboxylic acids is 1. The molecule has 0 rings (SSSR count). The van der Waals surface area contributed by atoms with E-state index >= 15 is 0 Å². The number of nitrogens with one attached hydrogen (secondary N) is 1. The second-order valence-corrected chi connectivity index (χ2v) is 5.05. The number of hydrogen-bond donors (Lipinski definition) is 3. The zero-order valence-electron chi connectivity index (χ0n) is 9.30. The van der Waals surface area contributed by atoms with E-state index in [2.05, 4.69) is 5.32 Å². The van der Waals surface area contributed by atoms with E-state index in [1.807, 2.05) is 6.26 Å². The second kappa shape index (κ2) is 8.72. The first kappa shape index (κ1) is 15.6. The smallest absolute Gasteiger partial charge is 0.326 e. The average Bonchev–Trinajstić information content (AvgIpc) is 2.23. The summed E-state index contributed by atoms with van der Waals surface area (Å²) in [5, 5.41) is 20.5. The highest BCUT2D eigenvalue weighted by Gasteiger charge is 2.23. The molecule has 0 aliphatic carbocycles. The number of carbonyl (C=O) groups is 2. The average molecular weight is 267 g/mol. The maximum Gasteiger partial charge on any atom is 0.326 e. The van der Waals surface area contributed by atoms with Gasteiger partial charge in [-0.05, 0) is 24.7 Å². The third kappa shape index (κ3) is 6.24. The van der Waals surface area contributed by atoms with Crippen molar-refractivity contribution in [3.63, 3.8) is 0 Å². The van der Waals surface area contributed by atoms with E-state index < -0.39 is 24.0 Å². The van der Waals surface area contributed by atoms with Gasteiger partial charge in [0.25, 0.3) is 0 Å². The number of aliphatic hydroxyl groups excluding tert-OH is 1. The van der Waals surface area contributed by atoms with Crippen LogP contribution in [0.25, 0.3) is 0 Å². The molecule has 0 radical (unpaired) electrons. The summed E-state index contributed by atoms with van der Waals surface area (Å²) in [6.07, 6.45) is 2.84. The number of aliphatic hydroxyl groups is 1. The predicted molar refractivity (Wildman–Crippen MR) is 67.0 cm³/mol. The molecule has 0 bridgehead atoms. The summed E-state index contributed by atoms with van der Waals surface area (Å²) in [5.74, 6) is -0.780. The number of rotatable bonds is 8. The Morgan fingerprint density at radius 2 is 1.94 bits per heavy atom. The molecule has 5 nitrogen and oxygen atoms in total. The Balaban J connectivity index is 4.17. The fourth-order valence-electron chi connectivity index (χ4n) is 0.995. The van der Waals surface area contributed by atoms with Gasteiger partial charge >= 0.3 is 5.97 Å². The van der Waals surface area contributed by atoms with Crippen LogP contribution >= 0.6 is 23.5 Å². The Hall–Kier alpha value is -0.400. The molecule has 94 valence electrons. The minimum absolute atomic E-state index is 0.265. The summed E-state index contributed by atoms with van der Waals surface area (Å²) in [6.45, 7) is 0. The maximum absolute atomic E-state index is 11.4. The van der Waals surface area contributed by atoms with Crippen LogP contribution in [-0.4, -0.2) is 58.3 Å². The number of hydrogen-bond acceptors (Lipinski definition) is 5. The van der Waals surface area contributed by atoms with Gasteiger partial charge in [0, 0.05) is 5.75 Å². The quantitative estimate of drug-likeness (QED) is 0.575. The van der Waals surface area contributed by atoms with Gasteiger partial charge in [-0.2, -0.15) is 23.5 Å². The van der Waals surface area contributed by atoms with E-state index in [0.29, 0.717) is 12.2 Å². The fraction of sp³-hybridized carbons (Fsp3) is 0.778. The van der Waals surface area contributed by atoms with Gasteiger partial charge in [-0.3, -0.25) is 4.79 Å². The molecule has 0 aromatic heterocycles. The van der Waals surface area contributed by atoms with Crippen LogP contribution in [0.4, 0.5) is 0 Å². The Bertz CT molecular complexity index is 238. The van der Waals surface area contributed by atoms with Crippen molar-refractivity contribution in [1.82, 2.24) is 5.32 Å². The summed E-state index contributed by atoms with van der Waals surface area (Å²) >= 11 is 2.84. The van der Waals surface area contributed by atoms with Crippen LogP contribution in [-0.2, 0) is 9.59 Å². The molecule has 0 heterocycles. The van der Waals surface area contributed by atoms with E-state index in [1.54, 1.807) is 6.26 Å². The predicted octanol–water partition coefficient (Wildman–Crippen LogP) is 0.0328. The largest absolute Gasteiger partial charge is 0.480 e. The van der Waals surface area contributed by atoms with Gasteiger partial charge in [0.1, 0.15) is 12.1 Å². The first-order valence-corrected chi connectivity index (χ1v) is 7.50. The highest BCUT2D eigenvalue weighted by molar-refractivity contribution is 7.98. The first-order chi connectivity index (χ1) is 7.52. The molecule has 0 saturated carbocycles. The number of thioether (sulfide) groups is 2. The third-order valence-electron chi connectivity index (χ3n) is 1.85. The fourth-order valence-corrected chi connectivity index (χ4v) is 1.93. The van der Waals surface area contributed by atoms with Crippen LogP contribution < -0.4 is 5.32 Å². The summed E-state index contributed by atoms with van der Waals surface area (Å²) in [6, 6.07) is -0.920. The number of aliphatic carboxylic acids is 1. The van der Waals surface area contributed by atoms with Crippen molar-refractivity contribution in [1.29, 1.82) is 0 Å². The monoisotopic (exact) mass is 267 g/mol. The lowest BCUT2D eigenvalue weighted by molar-refractivity contribution is -0.143. The summed E-state index contributed by atoms with van der Waals surface area (Å²) in [4.78, 5) is 22.2. The summed E-state index contributed by atoms with van der Waals surface area (Å²) in [7, 11) is 0. The Morgan fingerprint density at radius 3 is 2.38 bits per heavy atom. The third-order valence-corrected chi connectivity index (χ3v) is 3.15. The number of amides is 1. The van der Waals surface area contributed by atoms with Crippen molar-refractivity contribution in [3.05, 3.63) is 0 Å². The van der Waals surface area contributed by atoms with Gasteiger partial charge in [0.05, 0.1) is 0 Å². The van der Waals surface area contributed by atoms with Crippen molar-refractivity contribution in [2.75, 3.05) is 24.0 Å². The van der Waals surface area contributed by atoms with E-state index in [1.165, 1.54) is 23.5 Å². The Labute approximate surface area is 103 Å². The van der Waals surface area contributed by atoms with Crippen molar-refractivity contribution in [2.45, 2.75) is 18.6 Å². The van der Waals surface area contributed by atoms with Crippen LogP contribution in [0.2, 0.25) is 0 Å². The maximum atomic E-state index is 11.4. The van der Waals surface area contributed by atoms with Crippen LogP contribution in [0, 0.1) is 0 Å². The SMILES string of the molecule is CSCC[C@H](NC(=O)C(O)CSC)C(=O)O. The van der Waals surface area contributed by atoms with Gasteiger partial charge < -0.3 is 15.5 Å².